The first-order valence-electron chi connectivity index (χ1n) is 11.4. The Hall–Kier alpha value is -3.60. The van der Waals surface area contributed by atoms with Gasteiger partial charge in [-0.25, -0.2) is 4.39 Å². The number of carbonyl (C=O) groups is 1. The third-order valence-corrected chi connectivity index (χ3v) is 7.15. The molecule has 0 atom stereocenters. The van der Waals surface area contributed by atoms with Gasteiger partial charge in [-0.1, -0.05) is 6.08 Å². The number of aryl methyl sites for hydroxylation is 1. The summed E-state index contributed by atoms with van der Waals surface area (Å²) in [4.78, 5) is 21.9. The Balaban J connectivity index is 1.49. The number of Topliss-reactive ketones (excluding diaryl/α,β-unsaturated/α-hetero) is 1. The summed E-state index contributed by atoms with van der Waals surface area (Å²) < 4.78 is 15.3. The lowest BCUT2D eigenvalue weighted by Crippen LogP contribution is -2.15. The highest BCUT2D eigenvalue weighted by Gasteiger charge is 2.32. The molecule has 1 N–H and O–H groups in total. The third-order valence-electron chi connectivity index (χ3n) is 7.15. The molecule has 164 valence electrons. The number of halogens is 1. The van der Waals surface area contributed by atoms with E-state index in [1.807, 2.05) is 31.5 Å². The van der Waals surface area contributed by atoms with E-state index in [1.54, 1.807) is 12.3 Å². The van der Waals surface area contributed by atoms with E-state index in [4.69, 9.17) is 0 Å². The predicted molar refractivity (Wildman–Crippen MR) is 129 cm³/mol. The molecule has 0 fully saturated rings. The van der Waals surface area contributed by atoms with Crippen LogP contribution in [0.2, 0.25) is 0 Å². The Morgan fingerprint density at radius 1 is 1.12 bits per heavy atom. The fourth-order valence-electron chi connectivity index (χ4n) is 5.46. The van der Waals surface area contributed by atoms with E-state index in [2.05, 4.69) is 28.3 Å². The molecule has 0 unspecified atom stereocenters. The molecule has 0 spiro atoms. The number of nitrogens with zero attached hydrogens (tertiary/aromatic N) is 2. The summed E-state index contributed by atoms with van der Waals surface area (Å²) in [7, 11) is 0. The van der Waals surface area contributed by atoms with Crippen LogP contribution in [0, 0.1) is 19.7 Å². The van der Waals surface area contributed by atoms with Crippen LogP contribution in [0.4, 0.5) is 10.1 Å². The number of ketones is 1. The maximum absolute atomic E-state index is 15.3. The topological polar surface area (TPSA) is 54.9 Å². The zero-order valence-electron chi connectivity index (χ0n) is 18.8. The average Bonchev–Trinajstić information content (AvgIpc) is 3.38. The minimum atomic E-state index is -0.319. The smallest absolute Gasteiger partial charge is 0.168 e. The van der Waals surface area contributed by atoms with E-state index in [0.29, 0.717) is 11.1 Å². The van der Waals surface area contributed by atoms with Crippen LogP contribution in [0.15, 0.2) is 42.4 Å². The molecule has 3 aromatic rings. The molecule has 1 aliphatic heterocycles. The van der Waals surface area contributed by atoms with E-state index in [0.717, 1.165) is 81.7 Å². The molecule has 0 saturated heterocycles. The molecule has 0 saturated carbocycles. The van der Waals surface area contributed by atoms with Gasteiger partial charge in [0.25, 0.3) is 0 Å². The van der Waals surface area contributed by atoms with Crippen LogP contribution in [0.5, 0.6) is 0 Å². The monoisotopic (exact) mass is 437 g/mol. The highest BCUT2D eigenvalue weighted by Crippen LogP contribution is 2.42. The predicted octanol–water partition coefficient (Wildman–Crippen LogP) is 5.41. The minimum Gasteiger partial charge on any atom is -0.383 e. The van der Waals surface area contributed by atoms with Gasteiger partial charge in [0.1, 0.15) is 5.82 Å². The first-order chi connectivity index (χ1) is 16.0. The number of nitrogens with one attached hydrogen (secondary N) is 1. The van der Waals surface area contributed by atoms with Crippen molar-refractivity contribution in [2.24, 2.45) is 0 Å². The Bertz CT molecular complexity index is 1420. The molecular weight excluding hydrogens is 413 g/mol. The van der Waals surface area contributed by atoms with Gasteiger partial charge in [-0.3, -0.25) is 14.8 Å². The number of allylic oxidation sites excluding steroid dienone is 3. The highest BCUT2D eigenvalue weighted by molar-refractivity contribution is 6.26. The number of rotatable bonds is 2. The maximum Gasteiger partial charge on any atom is 0.168 e. The van der Waals surface area contributed by atoms with Crippen molar-refractivity contribution < 1.29 is 9.18 Å². The summed E-state index contributed by atoms with van der Waals surface area (Å²) in [6.07, 6.45) is 12.4. The standard InChI is InChI=1S/C28H24FN3O/c1-15-20(23-14-32-25-4-3-6-31-28(25)16(23)2)11-24(29)21-12-26(33)22(27(15)21)10-17-8-18-5-7-30-13-19(18)9-17/h5,7-8,10-11,13-14,31H,3-4,6,9,12H2,1-2H3/b22-10+. The number of hydrogen-bond donors (Lipinski definition) is 1. The first-order valence-corrected chi connectivity index (χ1v) is 11.4. The molecule has 5 heteroatoms. The molecule has 0 amide bonds. The van der Waals surface area contributed by atoms with Gasteiger partial charge in [-0.05, 0) is 90.3 Å². The second-order valence-electron chi connectivity index (χ2n) is 9.16. The van der Waals surface area contributed by atoms with Crippen LogP contribution < -0.4 is 5.32 Å². The van der Waals surface area contributed by atoms with Gasteiger partial charge in [0.15, 0.2) is 5.78 Å². The van der Waals surface area contributed by atoms with E-state index in [9.17, 15) is 4.79 Å². The molecule has 4 nitrogen and oxygen atoms in total. The molecule has 6 rings (SSSR count). The van der Waals surface area contributed by atoms with Crippen molar-refractivity contribution in [1.29, 1.82) is 0 Å². The normalized spacial score (nSPS) is 17.5. The summed E-state index contributed by atoms with van der Waals surface area (Å²) in [5, 5.41) is 3.47. The van der Waals surface area contributed by atoms with Crippen molar-refractivity contribution in [3.8, 4) is 11.1 Å². The van der Waals surface area contributed by atoms with Crippen LogP contribution in [-0.4, -0.2) is 22.3 Å². The molecule has 33 heavy (non-hydrogen) atoms. The van der Waals surface area contributed by atoms with Crippen molar-refractivity contribution in [1.82, 2.24) is 9.97 Å². The van der Waals surface area contributed by atoms with Crippen molar-refractivity contribution in [3.63, 3.8) is 0 Å². The van der Waals surface area contributed by atoms with Crippen LogP contribution in [-0.2, 0) is 24.1 Å². The van der Waals surface area contributed by atoms with Crippen molar-refractivity contribution in [2.75, 3.05) is 11.9 Å². The molecular formula is C28H24FN3O. The Labute approximate surface area is 192 Å². The lowest BCUT2D eigenvalue weighted by atomic mass is 9.89. The molecule has 3 aliphatic rings. The van der Waals surface area contributed by atoms with Crippen LogP contribution in [0.25, 0.3) is 22.8 Å². The van der Waals surface area contributed by atoms with Gasteiger partial charge >= 0.3 is 0 Å². The summed E-state index contributed by atoms with van der Waals surface area (Å²) in [5.74, 6) is -0.346. The van der Waals surface area contributed by atoms with Gasteiger partial charge in [0.2, 0.25) is 0 Å². The van der Waals surface area contributed by atoms with Crippen molar-refractivity contribution in [2.45, 2.75) is 39.5 Å². The summed E-state index contributed by atoms with van der Waals surface area (Å²) in [6.45, 7) is 4.98. The minimum absolute atomic E-state index is 0.0268. The van der Waals surface area contributed by atoms with Gasteiger partial charge in [-0.15, -0.1) is 0 Å². The number of pyridine rings is 2. The first kappa shape index (κ1) is 20.0. The van der Waals surface area contributed by atoms with Gasteiger partial charge in [-0.2, -0.15) is 0 Å². The summed E-state index contributed by atoms with van der Waals surface area (Å²) in [6, 6.07) is 3.56. The number of benzene rings is 1. The maximum atomic E-state index is 15.3. The van der Waals surface area contributed by atoms with E-state index in [-0.39, 0.29) is 18.0 Å². The number of hydrogen-bond acceptors (Lipinski definition) is 4. The SMILES string of the molecule is Cc1c(-c2cc(F)c3c(c2C)/C(=C/C2=Cc4ccncc4C2)C(=O)C3)cnc2c1NCCC2. The molecule has 0 bridgehead atoms. The zero-order valence-corrected chi connectivity index (χ0v) is 18.8. The van der Waals surface area contributed by atoms with Crippen LogP contribution in [0.3, 0.4) is 0 Å². The highest BCUT2D eigenvalue weighted by atomic mass is 19.1. The number of fused-ring (bicyclic) bond motifs is 3. The Kier molecular flexibility index (Phi) is 4.54. The van der Waals surface area contributed by atoms with E-state index in [1.165, 1.54) is 0 Å². The lowest BCUT2D eigenvalue weighted by molar-refractivity contribution is -0.112. The fraction of sp³-hybridized carbons (Fsp3) is 0.250. The third kappa shape index (κ3) is 3.14. The molecule has 0 radical (unpaired) electrons. The molecule has 2 aliphatic carbocycles. The summed E-state index contributed by atoms with van der Waals surface area (Å²) >= 11 is 0. The number of carbonyl (C=O) groups excluding carboxylic acids is 1. The van der Waals surface area contributed by atoms with Gasteiger partial charge in [0.05, 0.1) is 11.4 Å². The molecule has 1 aromatic carbocycles. The van der Waals surface area contributed by atoms with Gasteiger partial charge < -0.3 is 5.32 Å². The fourth-order valence-corrected chi connectivity index (χ4v) is 5.46. The Morgan fingerprint density at radius 3 is 2.85 bits per heavy atom. The second kappa shape index (κ2) is 7.48. The van der Waals surface area contributed by atoms with E-state index >= 15 is 4.39 Å². The summed E-state index contributed by atoms with van der Waals surface area (Å²) in [5.41, 5.74) is 11.1. The Morgan fingerprint density at radius 2 is 2.00 bits per heavy atom. The van der Waals surface area contributed by atoms with Gasteiger partial charge in [0, 0.05) is 48.3 Å². The van der Waals surface area contributed by atoms with E-state index < -0.39 is 0 Å². The molecule has 2 aromatic heterocycles. The zero-order chi connectivity index (χ0) is 22.7. The lowest BCUT2D eigenvalue weighted by Gasteiger charge is -2.22. The van der Waals surface area contributed by atoms with Crippen LogP contribution >= 0.6 is 0 Å². The molecule has 3 heterocycles. The number of anilines is 1. The average molecular weight is 438 g/mol. The second-order valence-corrected chi connectivity index (χ2v) is 9.16. The van der Waals surface area contributed by atoms with Crippen LogP contribution in [0.1, 0.15) is 45.5 Å². The van der Waals surface area contributed by atoms with Crippen molar-refractivity contribution in [3.05, 3.63) is 87.3 Å². The largest absolute Gasteiger partial charge is 0.383 e. The number of aromatic nitrogens is 2. The van der Waals surface area contributed by atoms with Crippen molar-refractivity contribution >= 4 is 23.1 Å². The quantitative estimate of drug-likeness (QED) is 0.545.